The Morgan fingerprint density at radius 1 is 1.45 bits per heavy atom. The largest absolute Gasteiger partial charge is 0.444 e. The summed E-state index contributed by atoms with van der Waals surface area (Å²) in [5, 5.41) is 0. The zero-order valence-corrected chi connectivity index (χ0v) is 14.5. The number of hydrogen-bond donors (Lipinski definition) is 0. The van der Waals surface area contributed by atoms with Crippen LogP contribution in [0.4, 0.5) is 4.79 Å². The first kappa shape index (κ1) is 17.6. The van der Waals surface area contributed by atoms with Gasteiger partial charge in [-0.1, -0.05) is 6.92 Å². The highest BCUT2D eigenvalue weighted by Gasteiger charge is 2.39. The molecule has 118 valence electrons. The Bertz CT molecular complexity index is 317. The Balaban J connectivity index is 2.74. The third-order valence-electron chi connectivity index (χ3n) is 3.57. The molecule has 0 bridgehead atoms. The lowest BCUT2D eigenvalue weighted by molar-refractivity contribution is -0.0185. The first-order valence-electron chi connectivity index (χ1n) is 7.31. The predicted molar refractivity (Wildman–Crippen MR) is 84.3 cm³/mol. The molecule has 1 saturated heterocycles. The van der Waals surface area contributed by atoms with Gasteiger partial charge in [0.1, 0.15) is 5.60 Å². The fourth-order valence-electron chi connectivity index (χ4n) is 2.81. The molecule has 1 fully saturated rings. The SMILES string of the molecule is COC(C(C)CSC)C1CCCN1C(=O)OC(C)(C)C. The van der Waals surface area contributed by atoms with E-state index in [0.29, 0.717) is 5.92 Å². The fourth-order valence-corrected chi connectivity index (χ4v) is 3.52. The van der Waals surface area contributed by atoms with E-state index in [0.717, 1.165) is 25.1 Å². The smallest absolute Gasteiger partial charge is 0.410 e. The second-order valence-electron chi connectivity index (χ2n) is 6.52. The van der Waals surface area contributed by atoms with E-state index in [4.69, 9.17) is 9.47 Å². The van der Waals surface area contributed by atoms with Crippen LogP contribution in [0.5, 0.6) is 0 Å². The molecule has 4 nitrogen and oxygen atoms in total. The van der Waals surface area contributed by atoms with Crippen LogP contribution in [-0.4, -0.2) is 54.4 Å². The number of methoxy groups -OCH3 is 1. The summed E-state index contributed by atoms with van der Waals surface area (Å²) in [4.78, 5) is 14.2. The Morgan fingerprint density at radius 3 is 2.60 bits per heavy atom. The molecule has 20 heavy (non-hydrogen) atoms. The van der Waals surface area contributed by atoms with Crippen LogP contribution in [-0.2, 0) is 9.47 Å². The van der Waals surface area contributed by atoms with Crippen LogP contribution in [0.15, 0.2) is 0 Å². The molecular weight excluding hydrogens is 274 g/mol. The Morgan fingerprint density at radius 2 is 2.10 bits per heavy atom. The van der Waals surface area contributed by atoms with Crippen LogP contribution >= 0.6 is 11.8 Å². The molecule has 0 spiro atoms. The van der Waals surface area contributed by atoms with Crippen molar-refractivity contribution < 1.29 is 14.3 Å². The highest BCUT2D eigenvalue weighted by Crippen LogP contribution is 2.28. The molecule has 0 aliphatic carbocycles. The van der Waals surface area contributed by atoms with Gasteiger partial charge in [0.25, 0.3) is 0 Å². The van der Waals surface area contributed by atoms with Crippen molar-refractivity contribution in [3.63, 3.8) is 0 Å². The first-order chi connectivity index (χ1) is 9.30. The lowest BCUT2D eigenvalue weighted by Crippen LogP contribution is -2.48. The van der Waals surface area contributed by atoms with E-state index in [1.54, 1.807) is 7.11 Å². The number of carbonyl (C=O) groups is 1. The molecule has 0 saturated carbocycles. The lowest BCUT2D eigenvalue weighted by Gasteiger charge is -2.35. The molecule has 0 aromatic heterocycles. The maximum absolute atomic E-state index is 12.3. The van der Waals surface area contributed by atoms with Gasteiger partial charge in [0.2, 0.25) is 0 Å². The van der Waals surface area contributed by atoms with Crippen LogP contribution in [0.3, 0.4) is 0 Å². The third-order valence-corrected chi connectivity index (χ3v) is 4.43. The number of carbonyl (C=O) groups excluding carboxylic acids is 1. The Labute approximate surface area is 127 Å². The molecule has 0 radical (unpaired) electrons. The molecule has 1 amide bonds. The number of hydrogen-bond acceptors (Lipinski definition) is 4. The van der Waals surface area contributed by atoms with Gasteiger partial charge in [-0.25, -0.2) is 4.79 Å². The average Bonchev–Trinajstić information content (AvgIpc) is 2.77. The molecule has 0 N–H and O–H groups in total. The van der Waals surface area contributed by atoms with Crippen molar-refractivity contribution in [2.24, 2.45) is 5.92 Å². The summed E-state index contributed by atoms with van der Waals surface area (Å²) >= 11 is 1.82. The number of thioether (sulfide) groups is 1. The second kappa shape index (κ2) is 7.55. The fraction of sp³-hybridized carbons (Fsp3) is 0.933. The summed E-state index contributed by atoms with van der Waals surface area (Å²) in [7, 11) is 1.74. The van der Waals surface area contributed by atoms with Gasteiger partial charge in [-0.3, -0.25) is 0 Å². The van der Waals surface area contributed by atoms with Gasteiger partial charge < -0.3 is 14.4 Å². The molecular formula is C15H29NO3S. The van der Waals surface area contributed by atoms with Gasteiger partial charge in [-0.15, -0.1) is 0 Å². The van der Waals surface area contributed by atoms with Crippen LogP contribution in [0.25, 0.3) is 0 Å². The maximum atomic E-state index is 12.3. The standard InChI is InChI=1S/C15H29NO3S/c1-11(10-20-6)13(18-5)12-8-7-9-16(12)14(17)19-15(2,3)4/h11-13H,7-10H2,1-6H3. The zero-order chi connectivity index (χ0) is 15.3. The van der Waals surface area contributed by atoms with Gasteiger partial charge in [0, 0.05) is 13.7 Å². The van der Waals surface area contributed by atoms with E-state index in [9.17, 15) is 4.79 Å². The molecule has 3 atom stereocenters. The van der Waals surface area contributed by atoms with Crippen molar-refractivity contribution in [3.05, 3.63) is 0 Å². The highest BCUT2D eigenvalue weighted by molar-refractivity contribution is 7.98. The van der Waals surface area contributed by atoms with Crippen LogP contribution in [0, 0.1) is 5.92 Å². The zero-order valence-electron chi connectivity index (χ0n) is 13.6. The second-order valence-corrected chi connectivity index (χ2v) is 7.43. The van der Waals surface area contributed by atoms with Gasteiger partial charge in [-0.2, -0.15) is 11.8 Å². The summed E-state index contributed by atoms with van der Waals surface area (Å²) in [6, 6.07) is 0.136. The Hall–Kier alpha value is -0.420. The van der Waals surface area contributed by atoms with Gasteiger partial charge >= 0.3 is 6.09 Å². The van der Waals surface area contributed by atoms with Crippen molar-refractivity contribution in [1.82, 2.24) is 4.90 Å². The average molecular weight is 303 g/mol. The van der Waals surface area contributed by atoms with Crippen molar-refractivity contribution in [3.8, 4) is 0 Å². The summed E-state index contributed by atoms with van der Waals surface area (Å²) in [5.74, 6) is 1.46. The molecule has 1 aliphatic heterocycles. The van der Waals surface area contributed by atoms with Gasteiger partial charge in [0.15, 0.2) is 0 Å². The monoisotopic (exact) mass is 303 g/mol. The molecule has 3 unspecified atom stereocenters. The normalized spacial score (nSPS) is 22.7. The molecule has 1 rings (SSSR count). The molecule has 1 aliphatic rings. The number of ether oxygens (including phenoxy) is 2. The van der Waals surface area contributed by atoms with E-state index >= 15 is 0 Å². The molecule has 0 aromatic carbocycles. The minimum absolute atomic E-state index is 0.0810. The molecule has 1 heterocycles. The Kier molecular flexibility index (Phi) is 6.65. The topological polar surface area (TPSA) is 38.8 Å². The van der Waals surface area contributed by atoms with E-state index < -0.39 is 5.60 Å². The van der Waals surface area contributed by atoms with E-state index in [1.165, 1.54) is 0 Å². The minimum Gasteiger partial charge on any atom is -0.444 e. The number of nitrogens with zero attached hydrogens (tertiary/aromatic N) is 1. The lowest BCUT2D eigenvalue weighted by atomic mass is 9.97. The summed E-state index contributed by atoms with van der Waals surface area (Å²) in [5.41, 5.74) is -0.447. The minimum atomic E-state index is -0.447. The number of likely N-dealkylation sites (tertiary alicyclic amines) is 1. The maximum Gasteiger partial charge on any atom is 0.410 e. The van der Waals surface area contributed by atoms with Crippen molar-refractivity contribution >= 4 is 17.9 Å². The van der Waals surface area contributed by atoms with E-state index in [2.05, 4.69) is 13.2 Å². The predicted octanol–water partition coefficient (Wildman–Crippen LogP) is 3.40. The van der Waals surface area contributed by atoms with Crippen molar-refractivity contribution in [2.75, 3.05) is 25.7 Å². The van der Waals surface area contributed by atoms with Gasteiger partial charge in [-0.05, 0) is 51.5 Å². The summed E-state index contributed by atoms with van der Waals surface area (Å²) in [6.07, 6.45) is 3.99. The summed E-state index contributed by atoms with van der Waals surface area (Å²) < 4.78 is 11.2. The number of amides is 1. The van der Waals surface area contributed by atoms with Gasteiger partial charge in [0.05, 0.1) is 12.1 Å². The summed E-state index contributed by atoms with van der Waals surface area (Å²) in [6.45, 7) is 8.67. The van der Waals surface area contributed by atoms with Crippen molar-refractivity contribution in [2.45, 2.75) is 58.3 Å². The van der Waals surface area contributed by atoms with Crippen LogP contribution < -0.4 is 0 Å². The van der Waals surface area contributed by atoms with Crippen molar-refractivity contribution in [1.29, 1.82) is 0 Å². The van der Waals surface area contributed by atoms with Crippen LogP contribution in [0.1, 0.15) is 40.5 Å². The third kappa shape index (κ3) is 4.85. The van der Waals surface area contributed by atoms with Crippen LogP contribution in [0.2, 0.25) is 0 Å². The quantitative estimate of drug-likeness (QED) is 0.780. The van der Waals surface area contributed by atoms with E-state index in [1.807, 2.05) is 37.4 Å². The van der Waals surface area contributed by atoms with E-state index in [-0.39, 0.29) is 18.2 Å². The molecule has 5 heteroatoms. The first-order valence-corrected chi connectivity index (χ1v) is 8.71. The number of rotatable bonds is 5. The highest BCUT2D eigenvalue weighted by atomic mass is 32.2. The molecule has 0 aromatic rings.